The van der Waals surface area contributed by atoms with Gasteiger partial charge in [-0.2, -0.15) is 0 Å². The second-order valence-electron chi connectivity index (χ2n) is 9.46. The van der Waals surface area contributed by atoms with E-state index in [1.165, 1.54) is 5.56 Å². The Bertz CT molecular complexity index is 1150. The normalized spacial score (nSPS) is 16.2. The lowest BCUT2D eigenvalue weighted by atomic mass is 9.90. The third kappa shape index (κ3) is 4.49. The molecule has 0 saturated carbocycles. The molecule has 2 aromatic carbocycles. The first kappa shape index (κ1) is 22.4. The summed E-state index contributed by atoms with van der Waals surface area (Å²) in [6, 6.07) is 19.8. The summed E-state index contributed by atoms with van der Waals surface area (Å²) in [5.74, 6) is 1.85. The molecule has 0 atom stereocenters. The van der Waals surface area contributed by atoms with E-state index in [4.69, 9.17) is 4.98 Å². The van der Waals surface area contributed by atoms with E-state index in [0.29, 0.717) is 23.0 Å². The van der Waals surface area contributed by atoms with Crippen molar-refractivity contribution in [3.05, 3.63) is 83.3 Å². The van der Waals surface area contributed by atoms with E-state index < -0.39 is 0 Å². The summed E-state index contributed by atoms with van der Waals surface area (Å²) < 4.78 is 2.06. The van der Waals surface area contributed by atoms with Crippen molar-refractivity contribution in [3.8, 4) is 0 Å². The number of carbonyl (C=O) groups excluding carboxylic acids is 2. The Kier molecular flexibility index (Phi) is 6.48. The van der Waals surface area contributed by atoms with Crippen LogP contribution in [0.2, 0.25) is 0 Å². The Morgan fingerprint density at radius 3 is 2.32 bits per heavy atom. The van der Waals surface area contributed by atoms with E-state index in [1.54, 1.807) is 24.1 Å². The van der Waals surface area contributed by atoms with Crippen molar-refractivity contribution in [2.24, 2.45) is 5.92 Å². The lowest BCUT2D eigenvalue weighted by Crippen LogP contribution is -2.41. The minimum absolute atomic E-state index is 0.00141. The van der Waals surface area contributed by atoms with Crippen molar-refractivity contribution < 1.29 is 9.59 Å². The highest BCUT2D eigenvalue weighted by Crippen LogP contribution is 2.30. The van der Waals surface area contributed by atoms with Gasteiger partial charge < -0.3 is 9.47 Å². The van der Waals surface area contributed by atoms with Crippen molar-refractivity contribution >= 4 is 17.6 Å². The van der Waals surface area contributed by atoms with Gasteiger partial charge in [0, 0.05) is 38.7 Å². The van der Waals surface area contributed by atoms with Gasteiger partial charge in [-0.3, -0.25) is 14.5 Å². The number of carbonyl (C=O) groups is 2. The second-order valence-corrected chi connectivity index (χ2v) is 9.46. The van der Waals surface area contributed by atoms with Crippen LogP contribution in [-0.4, -0.2) is 46.4 Å². The Morgan fingerprint density at radius 2 is 1.62 bits per heavy atom. The summed E-state index contributed by atoms with van der Waals surface area (Å²) in [6.07, 6.45) is 5.98. The summed E-state index contributed by atoms with van der Waals surface area (Å²) in [5, 5.41) is 0. The van der Waals surface area contributed by atoms with Crippen molar-refractivity contribution in [3.63, 3.8) is 0 Å². The minimum Gasteiger partial charge on any atom is -0.337 e. The molecular formula is C28H32N4O2. The molecule has 2 aliphatic rings. The van der Waals surface area contributed by atoms with Gasteiger partial charge in [0.2, 0.25) is 0 Å². The predicted molar refractivity (Wildman–Crippen MR) is 133 cm³/mol. The molecule has 2 amide bonds. The SMILES string of the molecule is CN(C(=O)c1ccccc1)c1nc2n(c1C(=O)N1CCC(Cc3ccccc3)CC1)CCCC2. The number of anilines is 1. The predicted octanol–water partition coefficient (Wildman–Crippen LogP) is 4.59. The maximum absolute atomic E-state index is 13.8. The number of fused-ring (bicyclic) bond motifs is 1. The molecule has 1 aromatic heterocycles. The van der Waals surface area contributed by atoms with E-state index >= 15 is 0 Å². The molecule has 1 saturated heterocycles. The number of nitrogens with zero attached hydrogens (tertiary/aromatic N) is 4. The molecule has 3 aromatic rings. The minimum atomic E-state index is -0.147. The largest absolute Gasteiger partial charge is 0.337 e. The number of imidazole rings is 1. The van der Waals surface area contributed by atoms with Crippen LogP contribution in [0.25, 0.3) is 0 Å². The number of hydrogen-bond acceptors (Lipinski definition) is 3. The molecule has 2 aliphatic heterocycles. The van der Waals surface area contributed by atoms with Crippen LogP contribution in [0.5, 0.6) is 0 Å². The highest BCUT2D eigenvalue weighted by atomic mass is 16.2. The van der Waals surface area contributed by atoms with Crippen LogP contribution in [0, 0.1) is 5.92 Å². The highest BCUT2D eigenvalue weighted by Gasteiger charge is 2.33. The Labute approximate surface area is 201 Å². The summed E-state index contributed by atoms with van der Waals surface area (Å²) in [6.45, 7) is 2.26. The quantitative estimate of drug-likeness (QED) is 0.564. The van der Waals surface area contributed by atoms with Gasteiger partial charge in [0.1, 0.15) is 5.82 Å². The van der Waals surface area contributed by atoms with Crippen LogP contribution in [0.3, 0.4) is 0 Å². The van der Waals surface area contributed by atoms with Gasteiger partial charge in [-0.15, -0.1) is 0 Å². The first-order chi connectivity index (χ1) is 16.6. The molecule has 0 bridgehead atoms. The summed E-state index contributed by atoms with van der Waals surface area (Å²) in [5.41, 5.74) is 2.53. The van der Waals surface area contributed by atoms with Crippen molar-refractivity contribution in [1.82, 2.24) is 14.5 Å². The van der Waals surface area contributed by atoms with Crippen molar-refractivity contribution in [1.29, 1.82) is 0 Å². The van der Waals surface area contributed by atoms with Gasteiger partial charge in [0.05, 0.1) is 0 Å². The number of benzene rings is 2. The fourth-order valence-electron chi connectivity index (χ4n) is 5.22. The standard InChI is InChI=1S/C28H32N4O2/c1-30(27(33)23-12-6-3-7-13-23)26-25(32-17-9-8-14-24(32)29-26)28(34)31-18-15-22(16-19-31)20-21-10-4-2-5-11-21/h2-7,10-13,22H,8-9,14-20H2,1H3. The average Bonchev–Trinajstić information content (AvgIpc) is 3.28. The number of hydrogen-bond donors (Lipinski definition) is 0. The van der Waals surface area contributed by atoms with E-state index in [1.807, 2.05) is 29.2 Å². The van der Waals surface area contributed by atoms with Gasteiger partial charge in [0.15, 0.2) is 11.5 Å². The number of piperidine rings is 1. The zero-order chi connectivity index (χ0) is 23.5. The molecule has 5 rings (SSSR count). The van der Waals surface area contributed by atoms with Gasteiger partial charge in [-0.1, -0.05) is 48.5 Å². The molecule has 0 spiro atoms. The molecule has 34 heavy (non-hydrogen) atoms. The maximum atomic E-state index is 13.8. The molecule has 0 aliphatic carbocycles. The fourth-order valence-corrected chi connectivity index (χ4v) is 5.22. The van der Waals surface area contributed by atoms with E-state index in [-0.39, 0.29) is 11.8 Å². The van der Waals surface area contributed by atoms with Crippen molar-refractivity contribution in [2.45, 2.75) is 45.1 Å². The molecule has 0 radical (unpaired) electrons. The van der Waals surface area contributed by atoms with E-state index in [0.717, 1.165) is 64.0 Å². The van der Waals surface area contributed by atoms with Crippen LogP contribution in [0.1, 0.15) is 57.9 Å². The molecular weight excluding hydrogens is 424 g/mol. The molecule has 0 unspecified atom stereocenters. The van der Waals surface area contributed by atoms with Gasteiger partial charge >= 0.3 is 0 Å². The lowest BCUT2D eigenvalue weighted by Gasteiger charge is -2.33. The third-order valence-corrected chi connectivity index (χ3v) is 7.17. The number of aromatic nitrogens is 2. The highest BCUT2D eigenvalue weighted by molar-refractivity contribution is 6.09. The van der Waals surface area contributed by atoms with Gasteiger partial charge in [0.25, 0.3) is 11.8 Å². The number of aryl methyl sites for hydroxylation is 1. The Morgan fingerprint density at radius 1 is 0.941 bits per heavy atom. The lowest BCUT2D eigenvalue weighted by molar-refractivity contribution is 0.0679. The monoisotopic (exact) mass is 456 g/mol. The Hall–Kier alpha value is -3.41. The molecule has 3 heterocycles. The summed E-state index contributed by atoms with van der Waals surface area (Å²) in [4.78, 5) is 35.3. The summed E-state index contributed by atoms with van der Waals surface area (Å²) >= 11 is 0. The topological polar surface area (TPSA) is 58.4 Å². The van der Waals surface area contributed by atoms with Crippen molar-refractivity contribution in [2.75, 3.05) is 25.0 Å². The number of rotatable bonds is 5. The molecule has 176 valence electrons. The second kappa shape index (κ2) is 9.84. The first-order valence-electron chi connectivity index (χ1n) is 12.4. The first-order valence-corrected chi connectivity index (χ1v) is 12.4. The molecule has 6 heteroatoms. The zero-order valence-corrected chi connectivity index (χ0v) is 19.8. The van der Waals surface area contributed by atoms with E-state index in [9.17, 15) is 9.59 Å². The van der Waals surface area contributed by atoms with Crippen LogP contribution < -0.4 is 4.90 Å². The smallest absolute Gasteiger partial charge is 0.274 e. The average molecular weight is 457 g/mol. The summed E-state index contributed by atoms with van der Waals surface area (Å²) in [7, 11) is 1.73. The van der Waals surface area contributed by atoms with Crippen LogP contribution in [0.4, 0.5) is 5.82 Å². The Balaban J connectivity index is 1.36. The van der Waals surface area contributed by atoms with E-state index in [2.05, 4.69) is 28.8 Å². The van der Waals surface area contributed by atoms with Crippen LogP contribution in [0.15, 0.2) is 60.7 Å². The molecule has 1 fully saturated rings. The number of amides is 2. The zero-order valence-electron chi connectivity index (χ0n) is 19.8. The molecule has 0 N–H and O–H groups in total. The number of likely N-dealkylation sites (tertiary alicyclic amines) is 1. The third-order valence-electron chi connectivity index (χ3n) is 7.17. The van der Waals surface area contributed by atoms with Gasteiger partial charge in [-0.25, -0.2) is 4.98 Å². The van der Waals surface area contributed by atoms with Gasteiger partial charge in [-0.05, 0) is 55.7 Å². The van der Waals surface area contributed by atoms with Crippen LogP contribution in [-0.2, 0) is 19.4 Å². The fraction of sp³-hybridized carbons (Fsp3) is 0.393. The molecule has 6 nitrogen and oxygen atoms in total. The van der Waals surface area contributed by atoms with Crippen LogP contribution >= 0.6 is 0 Å². The maximum Gasteiger partial charge on any atom is 0.274 e.